The Morgan fingerprint density at radius 3 is 2.55 bits per heavy atom. The summed E-state index contributed by atoms with van der Waals surface area (Å²) in [5.74, 6) is -0.977. The van der Waals surface area contributed by atoms with Crippen LogP contribution in [0.15, 0.2) is 0 Å². The molecule has 3 rings (SSSR count). The second kappa shape index (κ2) is 4.91. The highest BCUT2D eigenvalue weighted by Gasteiger charge is 2.52. The molecule has 3 saturated heterocycles. The first-order valence-corrected chi connectivity index (χ1v) is 7.47. The van der Waals surface area contributed by atoms with Crippen LogP contribution in [0.5, 0.6) is 0 Å². The molecule has 6 heteroatoms. The Labute approximate surface area is 118 Å². The fourth-order valence-electron chi connectivity index (χ4n) is 3.94. The van der Waals surface area contributed by atoms with Crippen LogP contribution in [0.4, 0.5) is 4.79 Å². The molecule has 3 fully saturated rings. The third-order valence-electron chi connectivity index (χ3n) is 5.26. The van der Waals surface area contributed by atoms with Crippen LogP contribution in [-0.4, -0.2) is 63.3 Å². The first-order chi connectivity index (χ1) is 9.49. The summed E-state index contributed by atoms with van der Waals surface area (Å²) in [6, 6.07) is -0.154. The van der Waals surface area contributed by atoms with Crippen molar-refractivity contribution in [1.29, 1.82) is 0 Å². The Balaban J connectivity index is 1.71. The van der Waals surface area contributed by atoms with E-state index in [1.54, 1.807) is 9.80 Å². The first-order valence-electron chi connectivity index (χ1n) is 7.47. The zero-order valence-corrected chi connectivity index (χ0v) is 11.7. The molecule has 3 aliphatic rings. The number of fused-ring (bicyclic) bond motifs is 2. The van der Waals surface area contributed by atoms with Crippen molar-refractivity contribution in [3.8, 4) is 0 Å². The van der Waals surface area contributed by atoms with Gasteiger partial charge in [0.15, 0.2) is 0 Å². The van der Waals surface area contributed by atoms with Gasteiger partial charge in [-0.05, 0) is 31.6 Å². The van der Waals surface area contributed by atoms with Crippen LogP contribution < -0.4 is 0 Å². The number of hydrogen-bond donors (Lipinski definition) is 2. The molecule has 2 amide bonds. The molecule has 20 heavy (non-hydrogen) atoms. The lowest BCUT2D eigenvalue weighted by Crippen LogP contribution is -2.52. The standard InChI is InChI=1S/C14H22N2O4/c1-8-4-5-15(7-12(8)17)14(20)16-9-2-3-11(16)10(6-9)13(18)19/h8-12,17H,2-7H2,1H3,(H,18,19). The van der Waals surface area contributed by atoms with E-state index in [1.807, 2.05) is 6.92 Å². The van der Waals surface area contributed by atoms with Crippen molar-refractivity contribution in [1.82, 2.24) is 9.80 Å². The van der Waals surface area contributed by atoms with Crippen LogP contribution in [0, 0.1) is 11.8 Å². The van der Waals surface area contributed by atoms with Crippen molar-refractivity contribution in [3.05, 3.63) is 0 Å². The Morgan fingerprint density at radius 1 is 1.20 bits per heavy atom. The van der Waals surface area contributed by atoms with Gasteiger partial charge >= 0.3 is 12.0 Å². The zero-order valence-electron chi connectivity index (χ0n) is 11.7. The lowest BCUT2D eigenvalue weighted by Gasteiger charge is -2.37. The summed E-state index contributed by atoms with van der Waals surface area (Å²) in [5, 5.41) is 19.2. The van der Waals surface area contributed by atoms with Gasteiger partial charge in [0.2, 0.25) is 0 Å². The second-order valence-corrected chi connectivity index (χ2v) is 6.45. The molecule has 0 aromatic carbocycles. The van der Waals surface area contributed by atoms with E-state index < -0.39 is 18.0 Å². The fourth-order valence-corrected chi connectivity index (χ4v) is 3.94. The molecule has 2 bridgehead atoms. The van der Waals surface area contributed by atoms with Crippen LogP contribution in [-0.2, 0) is 4.79 Å². The number of rotatable bonds is 1. The summed E-state index contributed by atoms with van der Waals surface area (Å²) in [6.07, 6.45) is 2.62. The number of hydrogen-bond acceptors (Lipinski definition) is 3. The van der Waals surface area contributed by atoms with Gasteiger partial charge in [0.1, 0.15) is 0 Å². The van der Waals surface area contributed by atoms with E-state index in [1.165, 1.54) is 0 Å². The van der Waals surface area contributed by atoms with Gasteiger partial charge in [-0.15, -0.1) is 0 Å². The van der Waals surface area contributed by atoms with Crippen molar-refractivity contribution in [3.63, 3.8) is 0 Å². The molecule has 0 aromatic heterocycles. The van der Waals surface area contributed by atoms with Crippen LogP contribution in [0.1, 0.15) is 32.6 Å². The molecule has 112 valence electrons. The number of nitrogens with zero attached hydrogens (tertiary/aromatic N) is 2. The minimum atomic E-state index is -0.790. The number of carboxylic acids is 1. The number of β-amino-alcohol motifs (C(OH)–C–C–N with tert-alkyl or cyclic N) is 1. The molecule has 5 unspecified atom stereocenters. The summed E-state index contributed by atoms with van der Waals surface area (Å²) in [7, 11) is 0. The Morgan fingerprint density at radius 2 is 1.95 bits per heavy atom. The third kappa shape index (κ3) is 2.06. The number of carbonyl (C=O) groups is 2. The summed E-state index contributed by atoms with van der Waals surface area (Å²) >= 11 is 0. The van der Waals surface area contributed by atoms with Gasteiger partial charge in [0.05, 0.1) is 12.0 Å². The molecule has 0 aliphatic carbocycles. The molecule has 0 aromatic rings. The predicted octanol–water partition coefficient (Wildman–Crippen LogP) is 0.747. The molecule has 3 aliphatic heterocycles. The number of likely N-dealkylation sites (tertiary alicyclic amines) is 1. The maximum atomic E-state index is 12.6. The lowest BCUT2D eigenvalue weighted by atomic mass is 9.89. The zero-order chi connectivity index (χ0) is 14.4. The smallest absolute Gasteiger partial charge is 0.320 e. The van der Waals surface area contributed by atoms with Gasteiger partial charge in [-0.25, -0.2) is 4.79 Å². The average molecular weight is 282 g/mol. The molecule has 5 atom stereocenters. The number of amides is 2. The van der Waals surface area contributed by atoms with E-state index in [0.29, 0.717) is 19.5 Å². The SMILES string of the molecule is CC1CCN(C(=O)N2C3CCC2C(C(=O)O)C3)CC1O. The van der Waals surface area contributed by atoms with Gasteiger partial charge in [0, 0.05) is 25.2 Å². The highest BCUT2D eigenvalue weighted by atomic mass is 16.4. The molecular formula is C14H22N2O4. The van der Waals surface area contributed by atoms with Crippen LogP contribution in [0.25, 0.3) is 0 Å². The number of urea groups is 1. The van der Waals surface area contributed by atoms with Gasteiger partial charge in [-0.3, -0.25) is 4.79 Å². The van der Waals surface area contributed by atoms with Crippen molar-refractivity contribution in [2.24, 2.45) is 11.8 Å². The normalized spacial score (nSPS) is 40.2. The van der Waals surface area contributed by atoms with Crippen molar-refractivity contribution >= 4 is 12.0 Å². The summed E-state index contributed by atoms with van der Waals surface area (Å²) in [6.45, 7) is 3.02. The topological polar surface area (TPSA) is 81.1 Å². The van der Waals surface area contributed by atoms with Crippen molar-refractivity contribution in [2.75, 3.05) is 13.1 Å². The quantitative estimate of drug-likeness (QED) is 0.743. The average Bonchev–Trinajstić information content (AvgIpc) is 2.98. The van der Waals surface area contributed by atoms with Crippen LogP contribution in [0.2, 0.25) is 0 Å². The lowest BCUT2D eigenvalue weighted by molar-refractivity contribution is -0.142. The highest BCUT2D eigenvalue weighted by Crippen LogP contribution is 2.42. The molecule has 2 N–H and O–H groups in total. The number of aliphatic hydroxyl groups is 1. The monoisotopic (exact) mass is 282 g/mol. The molecular weight excluding hydrogens is 260 g/mol. The van der Waals surface area contributed by atoms with E-state index in [2.05, 4.69) is 0 Å². The number of carboxylic acid groups (broad SMARTS) is 1. The molecule has 0 radical (unpaired) electrons. The minimum absolute atomic E-state index is 0.0742. The highest BCUT2D eigenvalue weighted by molar-refractivity contribution is 5.79. The number of carbonyl (C=O) groups excluding carboxylic acids is 1. The molecule has 0 saturated carbocycles. The fraction of sp³-hybridized carbons (Fsp3) is 0.857. The maximum absolute atomic E-state index is 12.6. The van der Waals surface area contributed by atoms with Gasteiger partial charge in [0.25, 0.3) is 0 Å². The Bertz CT molecular complexity index is 427. The maximum Gasteiger partial charge on any atom is 0.320 e. The number of piperidine rings is 1. The predicted molar refractivity (Wildman–Crippen MR) is 71.1 cm³/mol. The van der Waals surface area contributed by atoms with Crippen LogP contribution in [0.3, 0.4) is 0 Å². The Kier molecular flexibility index (Phi) is 3.36. The largest absolute Gasteiger partial charge is 0.481 e. The van der Waals surface area contributed by atoms with E-state index in [9.17, 15) is 19.8 Å². The summed E-state index contributed by atoms with van der Waals surface area (Å²) in [4.78, 5) is 27.3. The molecule has 6 nitrogen and oxygen atoms in total. The number of aliphatic carboxylic acids is 1. The first kappa shape index (κ1) is 13.7. The van der Waals surface area contributed by atoms with Gasteiger partial charge in [-0.2, -0.15) is 0 Å². The van der Waals surface area contributed by atoms with E-state index >= 15 is 0 Å². The van der Waals surface area contributed by atoms with Gasteiger partial charge < -0.3 is 20.0 Å². The van der Waals surface area contributed by atoms with E-state index in [0.717, 1.165) is 19.3 Å². The van der Waals surface area contributed by atoms with Crippen LogP contribution >= 0.6 is 0 Å². The van der Waals surface area contributed by atoms with Crippen molar-refractivity contribution in [2.45, 2.75) is 50.8 Å². The summed E-state index contributed by atoms with van der Waals surface area (Å²) < 4.78 is 0. The molecule has 3 heterocycles. The third-order valence-corrected chi connectivity index (χ3v) is 5.26. The minimum Gasteiger partial charge on any atom is -0.481 e. The van der Waals surface area contributed by atoms with Gasteiger partial charge in [-0.1, -0.05) is 6.92 Å². The molecule has 0 spiro atoms. The summed E-state index contributed by atoms with van der Waals surface area (Å²) in [5.41, 5.74) is 0. The number of aliphatic hydroxyl groups excluding tert-OH is 1. The Hall–Kier alpha value is -1.30. The second-order valence-electron chi connectivity index (χ2n) is 6.45. The van der Waals surface area contributed by atoms with Crippen molar-refractivity contribution < 1.29 is 19.8 Å². The van der Waals surface area contributed by atoms with E-state index in [-0.39, 0.29) is 24.0 Å². The van der Waals surface area contributed by atoms with E-state index in [4.69, 9.17) is 0 Å².